The lowest BCUT2D eigenvalue weighted by Gasteiger charge is -2.33. The zero-order valence-electron chi connectivity index (χ0n) is 17.5. The summed E-state index contributed by atoms with van der Waals surface area (Å²) < 4.78 is 13.7. The highest BCUT2D eigenvalue weighted by atomic mass is 19.1. The summed E-state index contributed by atoms with van der Waals surface area (Å²) >= 11 is 0. The molecule has 2 aromatic heterocycles. The summed E-state index contributed by atoms with van der Waals surface area (Å²) in [4.78, 5) is 17.1. The minimum absolute atomic E-state index is 0.0929. The van der Waals surface area contributed by atoms with E-state index in [1.807, 2.05) is 30.5 Å². The van der Waals surface area contributed by atoms with Gasteiger partial charge in [-0.1, -0.05) is 18.2 Å². The summed E-state index contributed by atoms with van der Waals surface area (Å²) in [5.74, 6) is 1.68. The van der Waals surface area contributed by atoms with Gasteiger partial charge in [-0.05, 0) is 49.1 Å². The monoisotopic (exact) mass is 421 g/mol. The average Bonchev–Trinajstić information content (AvgIpc) is 3.41. The number of nitrogens with zero attached hydrogens (tertiary/aromatic N) is 4. The number of rotatable bonds is 7. The van der Waals surface area contributed by atoms with Crippen molar-refractivity contribution in [3.05, 3.63) is 65.9 Å². The molecule has 0 bridgehead atoms. The van der Waals surface area contributed by atoms with Crippen LogP contribution in [0.15, 0.2) is 48.7 Å². The van der Waals surface area contributed by atoms with Gasteiger partial charge in [0.2, 0.25) is 0 Å². The van der Waals surface area contributed by atoms with Crippen LogP contribution in [0.4, 0.5) is 10.2 Å². The molecular formula is C23H28FN7. The fourth-order valence-electron chi connectivity index (χ4n) is 4.46. The first kappa shape index (κ1) is 20.1. The molecule has 1 unspecified atom stereocenters. The summed E-state index contributed by atoms with van der Waals surface area (Å²) in [6.45, 7) is 2.60. The second-order valence-corrected chi connectivity index (χ2v) is 8.29. The second-order valence-electron chi connectivity index (χ2n) is 8.29. The van der Waals surface area contributed by atoms with E-state index in [9.17, 15) is 4.39 Å². The number of nitrogens with two attached hydrogens (primary N) is 1. The molecule has 4 N–H and O–H groups in total. The first-order chi connectivity index (χ1) is 15.2. The van der Waals surface area contributed by atoms with Gasteiger partial charge in [-0.2, -0.15) is 0 Å². The minimum atomic E-state index is -0.191. The summed E-state index contributed by atoms with van der Waals surface area (Å²) in [6, 6.07) is 13.1. The Hall–Kier alpha value is -2.81. The molecule has 2 aliphatic rings. The van der Waals surface area contributed by atoms with Crippen molar-refractivity contribution in [1.82, 2.24) is 25.2 Å². The van der Waals surface area contributed by atoms with Crippen molar-refractivity contribution < 1.29 is 4.39 Å². The minimum Gasteiger partial charge on any atom is -0.341 e. The maximum atomic E-state index is 13.7. The lowest BCUT2D eigenvalue weighted by atomic mass is 10.0. The number of aromatic nitrogens is 3. The van der Waals surface area contributed by atoms with Crippen molar-refractivity contribution in [3.8, 4) is 11.4 Å². The molecule has 5 rings (SSSR count). The maximum absolute atomic E-state index is 13.7. The SMILES string of the molecule is NC(CCc1ncc(-c2cccc(N3CNC3)n2)[nH]1)N1CCC[C@@H]1c1cccc(F)c1. The van der Waals surface area contributed by atoms with Crippen LogP contribution in [0.2, 0.25) is 0 Å². The van der Waals surface area contributed by atoms with Gasteiger partial charge >= 0.3 is 0 Å². The van der Waals surface area contributed by atoms with E-state index in [4.69, 9.17) is 10.7 Å². The molecular weight excluding hydrogens is 393 g/mol. The van der Waals surface area contributed by atoms with Gasteiger partial charge in [0.15, 0.2) is 0 Å². The van der Waals surface area contributed by atoms with Gasteiger partial charge in [-0.3, -0.25) is 10.2 Å². The average molecular weight is 422 g/mol. The molecule has 162 valence electrons. The van der Waals surface area contributed by atoms with Gasteiger partial charge in [0.25, 0.3) is 0 Å². The number of likely N-dealkylation sites (tertiary alicyclic amines) is 1. The van der Waals surface area contributed by atoms with Crippen LogP contribution in [0.3, 0.4) is 0 Å². The number of halogens is 1. The first-order valence-corrected chi connectivity index (χ1v) is 10.9. The summed E-state index contributed by atoms with van der Waals surface area (Å²) in [6.07, 6.45) is 5.37. The van der Waals surface area contributed by atoms with Crippen molar-refractivity contribution in [3.63, 3.8) is 0 Å². The largest absolute Gasteiger partial charge is 0.341 e. The third-order valence-corrected chi connectivity index (χ3v) is 6.20. The molecule has 31 heavy (non-hydrogen) atoms. The topological polar surface area (TPSA) is 86.1 Å². The fourth-order valence-corrected chi connectivity index (χ4v) is 4.46. The van der Waals surface area contributed by atoms with E-state index in [0.717, 1.165) is 74.2 Å². The second kappa shape index (κ2) is 8.74. The Bertz CT molecular complexity index is 1030. The number of aromatic amines is 1. The van der Waals surface area contributed by atoms with Crippen LogP contribution in [0.1, 0.15) is 36.7 Å². The van der Waals surface area contributed by atoms with Crippen molar-refractivity contribution in [2.75, 3.05) is 24.8 Å². The first-order valence-electron chi connectivity index (χ1n) is 10.9. The number of benzene rings is 1. The number of H-pyrrole nitrogens is 1. The number of nitrogens with one attached hydrogen (secondary N) is 2. The Morgan fingerprint density at radius 3 is 2.87 bits per heavy atom. The van der Waals surface area contributed by atoms with Crippen LogP contribution < -0.4 is 16.0 Å². The van der Waals surface area contributed by atoms with Crippen LogP contribution in [0, 0.1) is 5.82 Å². The molecule has 0 spiro atoms. The molecule has 2 fully saturated rings. The van der Waals surface area contributed by atoms with Gasteiger partial charge in [-0.25, -0.2) is 14.4 Å². The van der Waals surface area contributed by atoms with Crippen LogP contribution in [0.25, 0.3) is 11.4 Å². The Kier molecular flexibility index (Phi) is 5.67. The van der Waals surface area contributed by atoms with E-state index in [1.165, 1.54) is 6.07 Å². The fraction of sp³-hybridized carbons (Fsp3) is 0.391. The highest BCUT2D eigenvalue weighted by molar-refractivity contribution is 5.57. The smallest absolute Gasteiger partial charge is 0.131 e. The molecule has 8 heteroatoms. The van der Waals surface area contributed by atoms with Gasteiger partial charge in [-0.15, -0.1) is 0 Å². The summed E-state index contributed by atoms with van der Waals surface area (Å²) in [5.41, 5.74) is 9.36. The van der Waals surface area contributed by atoms with Crippen molar-refractivity contribution in [1.29, 1.82) is 0 Å². The quantitative estimate of drug-likeness (QED) is 0.544. The number of hydrogen-bond acceptors (Lipinski definition) is 6. The van der Waals surface area contributed by atoms with Gasteiger partial charge in [0.05, 0.1) is 37.1 Å². The lowest BCUT2D eigenvalue weighted by molar-refractivity contribution is 0.174. The number of hydrogen-bond donors (Lipinski definition) is 3. The van der Waals surface area contributed by atoms with E-state index in [2.05, 4.69) is 25.1 Å². The van der Waals surface area contributed by atoms with Crippen molar-refractivity contribution in [2.24, 2.45) is 5.73 Å². The Morgan fingerprint density at radius 1 is 1.19 bits per heavy atom. The maximum Gasteiger partial charge on any atom is 0.131 e. The Balaban J connectivity index is 1.22. The zero-order chi connectivity index (χ0) is 21.2. The predicted molar refractivity (Wildman–Crippen MR) is 119 cm³/mol. The van der Waals surface area contributed by atoms with E-state index in [0.29, 0.717) is 0 Å². The molecule has 1 aromatic carbocycles. The number of anilines is 1. The summed E-state index contributed by atoms with van der Waals surface area (Å²) in [7, 11) is 0. The van der Waals surface area contributed by atoms with Crippen LogP contribution in [-0.4, -0.2) is 45.9 Å². The molecule has 2 saturated heterocycles. The molecule has 3 aromatic rings. The molecule has 0 radical (unpaired) electrons. The predicted octanol–water partition coefficient (Wildman–Crippen LogP) is 2.99. The van der Waals surface area contributed by atoms with E-state index in [-0.39, 0.29) is 18.0 Å². The Labute approximate surface area is 181 Å². The molecule has 7 nitrogen and oxygen atoms in total. The molecule has 0 amide bonds. The normalized spacial score (nSPS) is 20.1. The van der Waals surface area contributed by atoms with E-state index in [1.54, 1.807) is 12.1 Å². The van der Waals surface area contributed by atoms with Gasteiger partial charge < -0.3 is 15.6 Å². The Morgan fingerprint density at radius 2 is 2.06 bits per heavy atom. The van der Waals surface area contributed by atoms with Gasteiger partial charge in [0, 0.05) is 19.0 Å². The third kappa shape index (κ3) is 4.32. The summed E-state index contributed by atoms with van der Waals surface area (Å²) in [5, 5.41) is 3.22. The van der Waals surface area contributed by atoms with Gasteiger partial charge in [0.1, 0.15) is 17.5 Å². The zero-order valence-corrected chi connectivity index (χ0v) is 17.5. The van der Waals surface area contributed by atoms with E-state index >= 15 is 0 Å². The van der Waals surface area contributed by atoms with Crippen LogP contribution in [0.5, 0.6) is 0 Å². The van der Waals surface area contributed by atoms with Crippen molar-refractivity contribution in [2.45, 2.75) is 37.9 Å². The molecule has 2 aliphatic heterocycles. The number of pyridine rings is 1. The molecule has 0 saturated carbocycles. The van der Waals surface area contributed by atoms with Crippen LogP contribution in [-0.2, 0) is 6.42 Å². The molecule has 4 heterocycles. The highest BCUT2D eigenvalue weighted by Gasteiger charge is 2.30. The molecule has 0 aliphatic carbocycles. The van der Waals surface area contributed by atoms with Crippen molar-refractivity contribution >= 4 is 5.82 Å². The lowest BCUT2D eigenvalue weighted by Crippen LogP contribution is -2.52. The molecule has 2 atom stereocenters. The third-order valence-electron chi connectivity index (χ3n) is 6.20. The van der Waals surface area contributed by atoms with E-state index < -0.39 is 0 Å². The highest BCUT2D eigenvalue weighted by Crippen LogP contribution is 2.33. The number of imidazole rings is 1. The number of aryl methyl sites for hydroxylation is 1. The van der Waals surface area contributed by atoms with Crippen LogP contribution >= 0.6 is 0 Å². The standard InChI is InChI=1S/C23H28FN7/c24-17-5-1-4-16(12-17)20-7-3-11-31(20)21(25)9-10-22-27-13-19(28-22)18-6-2-8-23(29-18)30-14-26-15-30/h1-2,4-6,8,12-13,20-21,26H,3,7,9-11,14-15,25H2,(H,27,28)/t20-,21?/m1/s1.